The molecule has 0 aromatic heterocycles. The van der Waals surface area contributed by atoms with Crippen LogP contribution in [0.5, 0.6) is 0 Å². The molecule has 6 nitrogen and oxygen atoms in total. The fourth-order valence-electron chi connectivity index (χ4n) is 2.15. The van der Waals surface area contributed by atoms with E-state index in [9.17, 15) is 18.5 Å². The summed E-state index contributed by atoms with van der Waals surface area (Å²) in [7, 11) is -3.50. The summed E-state index contributed by atoms with van der Waals surface area (Å²) in [6.45, 7) is 1.87. The monoisotopic (exact) mass is 398 g/mol. The van der Waals surface area contributed by atoms with Crippen LogP contribution in [-0.2, 0) is 9.84 Å². The SMILES string of the molecule is CC(Nc1ccc(S(C)(=O)=O)cc1[N+](=O)[O-])c1ccccc1Br. The summed E-state index contributed by atoms with van der Waals surface area (Å²) in [6, 6.07) is 11.2. The van der Waals surface area contributed by atoms with Gasteiger partial charge in [-0.15, -0.1) is 0 Å². The van der Waals surface area contributed by atoms with Crippen LogP contribution in [0.15, 0.2) is 51.8 Å². The summed E-state index contributed by atoms with van der Waals surface area (Å²) >= 11 is 3.44. The summed E-state index contributed by atoms with van der Waals surface area (Å²) in [5.74, 6) is 0. The van der Waals surface area contributed by atoms with Gasteiger partial charge in [0.2, 0.25) is 0 Å². The maximum absolute atomic E-state index is 11.6. The molecular formula is C15H15BrN2O4S. The maximum Gasteiger partial charge on any atom is 0.293 e. The van der Waals surface area contributed by atoms with Gasteiger partial charge in [-0.3, -0.25) is 10.1 Å². The van der Waals surface area contributed by atoms with E-state index in [1.807, 2.05) is 31.2 Å². The second-order valence-electron chi connectivity index (χ2n) is 5.10. The number of hydrogen-bond acceptors (Lipinski definition) is 5. The highest BCUT2D eigenvalue weighted by molar-refractivity contribution is 9.10. The van der Waals surface area contributed by atoms with E-state index < -0.39 is 14.8 Å². The minimum Gasteiger partial charge on any atom is -0.373 e. The highest BCUT2D eigenvalue weighted by Crippen LogP contribution is 2.32. The Labute approximate surface area is 142 Å². The van der Waals surface area contributed by atoms with Crippen LogP contribution in [0.4, 0.5) is 11.4 Å². The lowest BCUT2D eigenvalue weighted by Crippen LogP contribution is -2.09. The van der Waals surface area contributed by atoms with Crippen LogP contribution in [0, 0.1) is 10.1 Å². The zero-order valence-electron chi connectivity index (χ0n) is 12.5. The highest BCUT2D eigenvalue weighted by atomic mass is 79.9. The van der Waals surface area contributed by atoms with Gasteiger partial charge in [-0.1, -0.05) is 34.1 Å². The minimum absolute atomic E-state index is 0.0803. The first-order valence-corrected chi connectivity index (χ1v) is 9.38. The van der Waals surface area contributed by atoms with E-state index in [0.717, 1.165) is 22.4 Å². The van der Waals surface area contributed by atoms with Crippen LogP contribution < -0.4 is 5.32 Å². The van der Waals surface area contributed by atoms with Crippen molar-refractivity contribution in [2.75, 3.05) is 11.6 Å². The molecular weight excluding hydrogens is 384 g/mol. The molecule has 122 valence electrons. The smallest absolute Gasteiger partial charge is 0.293 e. The van der Waals surface area contributed by atoms with Crippen molar-refractivity contribution in [2.45, 2.75) is 17.9 Å². The minimum atomic E-state index is -3.50. The number of rotatable bonds is 5. The molecule has 0 saturated carbocycles. The van der Waals surface area contributed by atoms with E-state index in [2.05, 4.69) is 21.2 Å². The predicted molar refractivity (Wildman–Crippen MR) is 92.4 cm³/mol. The van der Waals surface area contributed by atoms with Gasteiger partial charge in [0.1, 0.15) is 5.69 Å². The number of nitrogens with zero attached hydrogens (tertiary/aromatic N) is 1. The van der Waals surface area contributed by atoms with Crippen molar-refractivity contribution in [1.82, 2.24) is 0 Å². The number of hydrogen-bond donors (Lipinski definition) is 1. The predicted octanol–water partition coefficient (Wildman–Crippen LogP) is 3.93. The molecule has 0 heterocycles. The Balaban J connectivity index is 2.40. The quantitative estimate of drug-likeness (QED) is 0.608. The Bertz CT molecular complexity index is 852. The van der Waals surface area contributed by atoms with Gasteiger partial charge >= 0.3 is 0 Å². The van der Waals surface area contributed by atoms with E-state index >= 15 is 0 Å². The molecule has 0 bridgehead atoms. The van der Waals surface area contributed by atoms with Gasteiger partial charge < -0.3 is 5.32 Å². The second-order valence-corrected chi connectivity index (χ2v) is 7.97. The molecule has 0 saturated heterocycles. The molecule has 1 atom stereocenters. The molecule has 0 aliphatic carbocycles. The highest BCUT2D eigenvalue weighted by Gasteiger charge is 2.20. The van der Waals surface area contributed by atoms with Crippen LogP contribution in [0.3, 0.4) is 0 Å². The Morgan fingerprint density at radius 2 is 1.87 bits per heavy atom. The summed E-state index contributed by atoms with van der Waals surface area (Å²) in [5.41, 5.74) is 0.937. The number of sulfone groups is 1. The molecule has 2 aromatic carbocycles. The Kier molecular flexibility index (Phi) is 5.06. The Hall–Kier alpha value is -1.93. The normalized spacial score (nSPS) is 12.7. The largest absolute Gasteiger partial charge is 0.373 e. The number of nitro benzene ring substituents is 1. The van der Waals surface area contributed by atoms with Crippen molar-refractivity contribution in [3.63, 3.8) is 0 Å². The van der Waals surface area contributed by atoms with Gasteiger partial charge in [0, 0.05) is 22.8 Å². The molecule has 0 spiro atoms. The third kappa shape index (κ3) is 4.08. The topological polar surface area (TPSA) is 89.3 Å². The van der Waals surface area contributed by atoms with E-state index in [4.69, 9.17) is 0 Å². The van der Waals surface area contributed by atoms with Crippen molar-refractivity contribution >= 4 is 37.1 Å². The molecule has 1 unspecified atom stereocenters. The lowest BCUT2D eigenvalue weighted by atomic mass is 10.1. The van der Waals surface area contributed by atoms with Crippen molar-refractivity contribution in [3.8, 4) is 0 Å². The number of nitro groups is 1. The van der Waals surface area contributed by atoms with Crippen molar-refractivity contribution in [2.24, 2.45) is 0 Å². The first kappa shape index (κ1) is 17.4. The van der Waals surface area contributed by atoms with E-state index in [1.54, 1.807) is 0 Å². The van der Waals surface area contributed by atoms with Gasteiger partial charge in [0.25, 0.3) is 5.69 Å². The van der Waals surface area contributed by atoms with Crippen molar-refractivity contribution in [3.05, 3.63) is 62.6 Å². The van der Waals surface area contributed by atoms with Crippen LogP contribution in [0.1, 0.15) is 18.5 Å². The lowest BCUT2D eigenvalue weighted by Gasteiger charge is -2.17. The number of nitrogens with one attached hydrogen (secondary N) is 1. The lowest BCUT2D eigenvalue weighted by molar-refractivity contribution is -0.384. The molecule has 0 amide bonds. The van der Waals surface area contributed by atoms with Gasteiger partial charge in [0.05, 0.1) is 9.82 Å². The van der Waals surface area contributed by atoms with Gasteiger partial charge in [0.15, 0.2) is 9.84 Å². The molecule has 2 aromatic rings. The van der Waals surface area contributed by atoms with Crippen LogP contribution in [0.25, 0.3) is 0 Å². The number of anilines is 1. The molecule has 0 fully saturated rings. The van der Waals surface area contributed by atoms with Crippen LogP contribution in [-0.4, -0.2) is 19.6 Å². The summed E-state index contributed by atoms with van der Waals surface area (Å²) < 4.78 is 24.0. The Morgan fingerprint density at radius 1 is 1.22 bits per heavy atom. The average Bonchev–Trinajstić information content (AvgIpc) is 2.46. The van der Waals surface area contributed by atoms with Crippen LogP contribution in [0.2, 0.25) is 0 Å². The first-order chi connectivity index (χ1) is 10.7. The standard InChI is InChI=1S/C15H15BrN2O4S/c1-10(12-5-3-4-6-13(12)16)17-14-8-7-11(23(2,21)22)9-15(14)18(19)20/h3-10,17H,1-2H3. The summed E-state index contributed by atoms with van der Waals surface area (Å²) in [4.78, 5) is 10.6. The number of halogens is 1. The Morgan fingerprint density at radius 3 is 2.43 bits per heavy atom. The van der Waals surface area contributed by atoms with E-state index in [-0.39, 0.29) is 22.3 Å². The molecule has 1 N–H and O–H groups in total. The zero-order valence-corrected chi connectivity index (χ0v) is 14.9. The van der Waals surface area contributed by atoms with Gasteiger partial charge in [-0.05, 0) is 30.7 Å². The molecule has 23 heavy (non-hydrogen) atoms. The molecule has 0 radical (unpaired) electrons. The molecule has 2 rings (SSSR count). The fourth-order valence-corrected chi connectivity index (χ4v) is 3.42. The number of benzene rings is 2. The van der Waals surface area contributed by atoms with Crippen molar-refractivity contribution in [1.29, 1.82) is 0 Å². The van der Waals surface area contributed by atoms with Gasteiger partial charge in [-0.25, -0.2) is 8.42 Å². The first-order valence-electron chi connectivity index (χ1n) is 6.69. The van der Waals surface area contributed by atoms with Crippen molar-refractivity contribution < 1.29 is 13.3 Å². The average molecular weight is 399 g/mol. The van der Waals surface area contributed by atoms with E-state index in [0.29, 0.717) is 0 Å². The second kappa shape index (κ2) is 6.67. The zero-order chi connectivity index (χ0) is 17.2. The van der Waals surface area contributed by atoms with Crippen LogP contribution >= 0.6 is 15.9 Å². The summed E-state index contributed by atoms with van der Waals surface area (Å²) in [6.07, 6.45) is 1.02. The maximum atomic E-state index is 11.6. The third-order valence-electron chi connectivity index (χ3n) is 3.34. The third-order valence-corrected chi connectivity index (χ3v) is 5.17. The molecule has 0 aliphatic rings. The molecule has 8 heteroatoms. The van der Waals surface area contributed by atoms with E-state index in [1.165, 1.54) is 12.1 Å². The molecule has 0 aliphatic heterocycles. The summed E-state index contributed by atoms with van der Waals surface area (Å²) in [5, 5.41) is 14.3. The van der Waals surface area contributed by atoms with Gasteiger partial charge in [-0.2, -0.15) is 0 Å². The fraction of sp³-hybridized carbons (Fsp3) is 0.200.